The van der Waals surface area contributed by atoms with E-state index in [1.54, 1.807) is 24.3 Å². The number of hydrogen-bond donors (Lipinski definition) is 0. The van der Waals surface area contributed by atoms with Crippen LogP contribution in [0.4, 0.5) is 0 Å². The van der Waals surface area contributed by atoms with E-state index in [1.807, 2.05) is 30.0 Å². The molecule has 2 fully saturated rings. The quantitative estimate of drug-likeness (QED) is 0.604. The van der Waals surface area contributed by atoms with Crippen LogP contribution >= 0.6 is 0 Å². The van der Waals surface area contributed by atoms with Gasteiger partial charge in [0.2, 0.25) is 15.9 Å². The summed E-state index contributed by atoms with van der Waals surface area (Å²) in [5.74, 6) is -0.0465. The van der Waals surface area contributed by atoms with Gasteiger partial charge in [0.25, 0.3) is 0 Å². The molecular weight excluding hydrogens is 446 g/mol. The third-order valence-corrected chi connectivity index (χ3v) is 8.22. The molecule has 2 heterocycles. The molecule has 0 bridgehead atoms. The lowest BCUT2D eigenvalue weighted by Gasteiger charge is -2.40. The second kappa shape index (κ2) is 10.8. The van der Waals surface area contributed by atoms with Gasteiger partial charge in [0.15, 0.2) is 0 Å². The number of halogens is 1. The number of carbonyl (C=O) groups is 1. The number of piperazine rings is 1. The second-order valence-corrected chi connectivity index (χ2v) is 10.4. The lowest BCUT2D eigenvalue weighted by atomic mass is 10.0. The molecule has 1 amide bonds. The van der Waals surface area contributed by atoms with Gasteiger partial charge >= 0.3 is 0 Å². The molecule has 0 N–H and O–H groups in total. The lowest BCUT2D eigenvalue weighted by Crippen LogP contribution is -3.00. The van der Waals surface area contributed by atoms with Crippen molar-refractivity contribution in [3.8, 4) is 0 Å². The van der Waals surface area contributed by atoms with Crippen molar-refractivity contribution in [3.05, 3.63) is 65.7 Å². The third kappa shape index (κ3) is 5.52. The van der Waals surface area contributed by atoms with Crippen molar-refractivity contribution in [2.24, 2.45) is 0 Å². The Kier molecular flexibility index (Phi) is 8.33. The normalized spacial score (nSPS) is 20.5. The summed E-state index contributed by atoms with van der Waals surface area (Å²) in [6, 6.07) is 16.6. The zero-order chi connectivity index (χ0) is 21.8. The Morgan fingerprint density at radius 2 is 1.56 bits per heavy atom. The Hall–Kier alpha value is -1.93. The monoisotopic (exact) mass is 476 g/mol. The SMILES string of the molecule is Cc1ccc(S(=O)(=O)N2CCCCC2C(=O)N2CCN(Cc3ccccc3)CC2)cc1.[Cl-]. The minimum Gasteiger partial charge on any atom is -1.00 e. The van der Waals surface area contributed by atoms with Gasteiger partial charge in [-0.25, -0.2) is 8.42 Å². The molecular formula is C24H31ClN3O3S-. The van der Waals surface area contributed by atoms with Crippen molar-refractivity contribution < 1.29 is 25.6 Å². The maximum absolute atomic E-state index is 13.4. The van der Waals surface area contributed by atoms with Crippen LogP contribution in [0.25, 0.3) is 0 Å². The highest BCUT2D eigenvalue weighted by atomic mass is 35.5. The molecule has 32 heavy (non-hydrogen) atoms. The first-order valence-electron chi connectivity index (χ1n) is 11.1. The van der Waals surface area contributed by atoms with Gasteiger partial charge in [-0.3, -0.25) is 9.69 Å². The molecule has 0 spiro atoms. The first-order valence-corrected chi connectivity index (χ1v) is 12.5. The molecule has 2 saturated heterocycles. The van der Waals surface area contributed by atoms with E-state index in [2.05, 4.69) is 17.0 Å². The maximum Gasteiger partial charge on any atom is 0.243 e. The Balaban J connectivity index is 0.00000289. The summed E-state index contributed by atoms with van der Waals surface area (Å²) < 4.78 is 28.0. The molecule has 0 radical (unpaired) electrons. The number of carbonyl (C=O) groups excluding carboxylic acids is 1. The van der Waals surface area contributed by atoms with Crippen LogP contribution in [0.1, 0.15) is 30.4 Å². The second-order valence-electron chi connectivity index (χ2n) is 8.53. The van der Waals surface area contributed by atoms with Crippen LogP contribution in [0.15, 0.2) is 59.5 Å². The standard InChI is InChI=1S/C24H31N3O3S.ClH/c1-20-10-12-22(13-11-20)31(29,30)27-14-6-5-9-23(27)24(28)26-17-15-25(16-18-26)19-21-7-3-2-4-8-21;/h2-4,7-8,10-13,23H,5-6,9,14-19H2,1H3;1H/p-1. The van der Waals surface area contributed by atoms with E-state index >= 15 is 0 Å². The number of rotatable bonds is 5. The molecule has 2 aliphatic heterocycles. The van der Waals surface area contributed by atoms with Gasteiger partial charge < -0.3 is 17.3 Å². The van der Waals surface area contributed by atoms with Crippen molar-refractivity contribution >= 4 is 15.9 Å². The highest BCUT2D eigenvalue weighted by Crippen LogP contribution is 2.27. The van der Waals surface area contributed by atoms with Gasteiger partial charge in [-0.2, -0.15) is 4.31 Å². The molecule has 174 valence electrons. The van der Waals surface area contributed by atoms with E-state index in [9.17, 15) is 13.2 Å². The van der Waals surface area contributed by atoms with Crippen LogP contribution < -0.4 is 12.4 Å². The van der Waals surface area contributed by atoms with E-state index in [1.165, 1.54) is 9.87 Å². The number of benzene rings is 2. The minimum absolute atomic E-state index is 0. The molecule has 0 aromatic heterocycles. The van der Waals surface area contributed by atoms with E-state index < -0.39 is 16.1 Å². The number of piperidine rings is 1. The summed E-state index contributed by atoms with van der Waals surface area (Å²) in [5.41, 5.74) is 2.28. The third-order valence-electron chi connectivity index (χ3n) is 6.30. The summed E-state index contributed by atoms with van der Waals surface area (Å²) in [6.07, 6.45) is 2.26. The van der Waals surface area contributed by atoms with Crippen molar-refractivity contribution in [1.82, 2.24) is 14.1 Å². The number of amides is 1. The van der Waals surface area contributed by atoms with Crippen LogP contribution in [0, 0.1) is 6.92 Å². The van der Waals surface area contributed by atoms with Crippen molar-refractivity contribution in [3.63, 3.8) is 0 Å². The number of hydrogen-bond acceptors (Lipinski definition) is 4. The summed E-state index contributed by atoms with van der Waals surface area (Å²) in [5, 5.41) is 0. The van der Waals surface area contributed by atoms with E-state index in [4.69, 9.17) is 0 Å². The minimum atomic E-state index is -3.69. The molecule has 2 aromatic carbocycles. The van der Waals surface area contributed by atoms with Crippen molar-refractivity contribution in [1.29, 1.82) is 0 Å². The molecule has 2 aromatic rings. The summed E-state index contributed by atoms with van der Waals surface area (Å²) in [6.45, 7) is 6.10. The summed E-state index contributed by atoms with van der Waals surface area (Å²) in [4.78, 5) is 17.8. The summed E-state index contributed by atoms with van der Waals surface area (Å²) >= 11 is 0. The van der Waals surface area contributed by atoms with Gasteiger partial charge in [0, 0.05) is 39.3 Å². The predicted octanol–water partition coefficient (Wildman–Crippen LogP) is -0.113. The zero-order valence-electron chi connectivity index (χ0n) is 18.5. The molecule has 2 aliphatic rings. The number of nitrogens with zero attached hydrogens (tertiary/aromatic N) is 3. The number of sulfonamides is 1. The summed E-state index contributed by atoms with van der Waals surface area (Å²) in [7, 11) is -3.69. The highest BCUT2D eigenvalue weighted by Gasteiger charge is 2.40. The molecule has 6 nitrogen and oxygen atoms in total. The van der Waals surface area contributed by atoms with Gasteiger partial charge in [0.1, 0.15) is 6.04 Å². The average molecular weight is 477 g/mol. The van der Waals surface area contributed by atoms with E-state index in [0.717, 1.165) is 38.0 Å². The molecule has 0 saturated carbocycles. The van der Waals surface area contributed by atoms with Crippen LogP contribution in [-0.2, 0) is 21.4 Å². The molecule has 4 rings (SSSR count). The largest absolute Gasteiger partial charge is 1.00 e. The molecule has 0 aliphatic carbocycles. The molecule has 1 unspecified atom stereocenters. The Labute approximate surface area is 197 Å². The highest BCUT2D eigenvalue weighted by molar-refractivity contribution is 7.89. The van der Waals surface area contributed by atoms with Gasteiger partial charge in [-0.15, -0.1) is 0 Å². The maximum atomic E-state index is 13.4. The van der Waals surface area contributed by atoms with Gasteiger partial charge in [0.05, 0.1) is 4.90 Å². The Morgan fingerprint density at radius 1 is 0.906 bits per heavy atom. The fourth-order valence-electron chi connectivity index (χ4n) is 4.46. The molecule has 1 atom stereocenters. The number of aryl methyl sites for hydroxylation is 1. The zero-order valence-corrected chi connectivity index (χ0v) is 20.1. The Bertz CT molecular complexity index is 991. The average Bonchev–Trinajstić information content (AvgIpc) is 2.80. The van der Waals surface area contributed by atoms with Crippen LogP contribution in [0.2, 0.25) is 0 Å². The lowest BCUT2D eigenvalue weighted by molar-refractivity contribution is -0.138. The first kappa shape index (κ1) is 24.7. The van der Waals surface area contributed by atoms with Crippen molar-refractivity contribution in [2.45, 2.75) is 43.7 Å². The van der Waals surface area contributed by atoms with E-state index in [-0.39, 0.29) is 23.2 Å². The predicted molar refractivity (Wildman–Crippen MR) is 121 cm³/mol. The molecule has 8 heteroatoms. The van der Waals surface area contributed by atoms with Crippen LogP contribution in [0.3, 0.4) is 0 Å². The smallest absolute Gasteiger partial charge is 0.243 e. The van der Waals surface area contributed by atoms with Crippen molar-refractivity contribution in [2.75, 3.05) is 32.7 Å². The van der Waals surface area contributed by atoms with E-state index in [0.29, 0.717) is 26.1 Å². The first-order chi connectivity index (χ1) is 14.9. The topological polar surface area (TPSA) is 60.9 Å². The van der Waals surface area contributed by atoms with Gasteiger partial charge in [-0.05, 0) is 37.5 Å². The fraction of sp³-hybridized carbons (Fsp3) is 0.458. The van der Waals surface area contributed by atoms with Crippen LogP contribution in [-0.4, -0.2) is 67.2 Å². The van der Waals surface area contributed by atoms with Crippen LogP contribution in [0.5, 0.6) is 0 Å². The fourth-order valence-corrected chi connectivity index (χ4v) is 6.11. The Morgan fingerprint density at radius 3 is 2.22 bits per heavy atom. The van der Waals surface area contributed by atoms with Gasteiger partial charge in [-0.1, -0.05) is 54.4 Å².